The molecule has 0 fully saturated rings. The number of halogens is 1. The van der Waals surface area contributed by atoms with Gasteiger partial charge in [-0.05, 0) is 30.3 Å². The van der Waals surface area contributed by atoms with Gasteiger partial charge in [0.05, 0.1) is 18.7 Å². The second kappa shape index (κ2) is 8.38. The lowest BCUT2D eigenvalue weighted by Gasteiger charge is -2.17. The maximum atomic E-state index is 12.5. The number of amides is 2. The quantitative estimate of drug-likeness (QED) is 0.749. The Morgan fingerprint density at radius 3 is 2.56 bits per heavy atom. The topological polar surface area (TPSA) is 119 Å². The van der Waals surface area contributed by atoms with Gasteiger partial charge in [0.2, 0.25) is 15.9 Å². The lowest BCUT2D eigenvalue weighted by atomic mass is 10.2. The number of sulfonamides is 1. The molecule has 0 aliphatic rings. The van der Waals surface area contributed by atoms with Gasteiger partial charge in [0.25, 0.3) is 5.91 Å². The van der Waals surface area contributed by atoms with Gasteiger partial charge in [0.1, 0.15) is 10.6 Å². The molecule has 0 unspecified atom stereocenters. The van der Waals surface area contributed by atoms with Gasteiger partial charge < -0.3 is 15.0 Å². The number of anilines is 1. The minimum absolute atomic E-state index is 0.0418. The highest BCUT2D eigenvalue weighted by Gasteiger charge is 2.20. The van der Waals surface area contributed by atoms with E-state index in [2.05, 4.69) is 5.32 Å². The third-order valence-corrected chi connectivity index (χ3v) is 4.96. The summed E-state index contributed by atoms with van der Waals surface area (Å²) in [5.41, 5.74) is 0.559. The normalized spacial score (nSPS) is 11.0. The van der Waals surface area contributed by atoms with Crippen LogP contribution in [0.5, 0.6) is 5.75 Å². The Morgan fingerprint density at radius 1 is 1.22 bits per heavy atom. The molecule has 3 N–H and O–H groups in total. The standard InChI is InChI=1S/C17H18ClN3O5S/c1-21(10-16(22)20-12-4-3-5-13(9-12)26-2)17(23)11-6-7-14(18)15(8-11)27(19,24)25/h3-9H,10H2,1-2H3,(H,20,22)(H2,19,24,25). The SMILES string of the molecule is COc1cccc(NC(=O)CN(C)C(=O)c2ccc(Cl)c(S(N)(=O)=O)c2)c1. The number of carbonyl (C=O) groups is 2. The predicted octanol–water partition coefficient (Wildman–Crippen LogP) is 1.71. The zero-order chi connectivity index (χ0) is 20.2. The van der Waals surface area contributed by atoms with Gasteiger partial charge in [-0.3, -0.25) is 9.59 Å². The molecule has 0 saturated carbocycles. The van der Waals surface area contributed by atoms with Crippen molar-refractivity contribution >= 4 is 39.1 Å². The number of benzene rings is 2. The highest BCUT2D eigenvalue weighted by atomic mass is 35.5. The van der Waals surface area contributed by atoms with Crippen LogP contribution in [0.25, 0.3) is 0 Å². The maximum absolute atomic E-state index is 12.5. The second-order valence-corrected chi connectivity index (χ2v) is 7.57. The van der Waals surface area contributed by atoms with Crippen molar-refractivity contribution in [2.45, 2.75) is 4.90 Å². The van der Waals surface area contributed by atoms with E-state index in [4.69, 9.17) is 21.5 Å². The highest BCUT2D eigenvalue weighted by Crippen LogP contribution is 2.22. The Labute approximate surface area is 161 Å². The van der Waals surface area contributed by atoms with E-state index in [9.17, 15) is 18.0 Å². The fourth-order valence-corrected chi connectivity index (χ4v) is 3.33. The fourth-order valence-electron chi connectivity index (χ4n) is 2.26. The van der Waals surface area contributed by atoms with E-state index in [1.54, 1.807) is 24.3 Å². The largest absolute Gasteiger partial charge is 0.497 e. The molecule has 27 heavy (non-hydrogen) atoms. The first kappa shape index (κ1) is 20.7. The van der Waals surface area contributed by atoms with Crippen molar-refractivity contribution in [3.8, 4) is 5.75 Å². The average Bonchev–Trinajstić information content (AvgIpc) is 2.60. The van der Waals surface area contributed by atoms with E-state index in [1.807, 2.05) is 0 Å². The molecule has 2 amide bonds. The van der Waals surface area contributed by atoms with Crippen LogP contribution < -0.4 is 15.2 Å². The van der Waals surface area contributed by atoms with Crippen LogP contribution in [0.3, 0.4) is 0 Å². The summed E-state index contributed by atoms with van der Waals surface area (Å²) in [6.45, 7) is -0.247. The van der Waals surface area contributed by atoms with Gasteiger partial charge in [-0.25, -0.2) is 13.6 Å². The number of carbonyl (C=O) groups excluding carboxylic acids is 2. The highest BCUT2D eigenvalue weighted by molar-refractivity contribution is 7.89. The minimum atomic E-state index is -4.08. The van der Waals surface area contributed by atoms with Gasteiger partial charge in [0, 0.05) is 24.4 Å². The lowest BCUT2D eigenvalue weighted by Crippen LogP contribution is -2.35. The molecule has 0 heterocycles. The third kappa shape index (κ3) is 5.43. The summed E-state index contributed by atoms with van der Waals surface area (Å²) in [6, 6.07) is 10.5. The van der Waals surface area contributed by atoms with Crippen molar-refractivity contribution in [3.05, 3.63) is 53.1 Å². The molecule has 0 saturated heterocycles. The number of nitrogens with zero attached hydrogens (tertiary/aromatic N) is 1. The summed E-state index contributed by atoms with van der Waals surface area (Å²) in [6.07, 6.45) is 0. The summed E-state index contributed by atoms with van der Waals surface area (Å²) in [4.78, 5) is 25.4. The summed E-state index contributed by atoms with van der Waals surface area (Å²) in [7, 11) is -1.15. The average molecular weight is 412 g/mol. The molecule has 10 heteroatoms. The minimum Gasteiger partial charge on any atom is -0.497 e. The molecular weight excluding hydrogens is 394 g/mol. The molecule has 0 atom stereocenters. The number of methoxy groups -OCH3 is 1. The van der Waals surface area contributed by atoms with Crippen LogP contribution in [-0.4, -0.2) is 45.8 Å². The van der Waals surface area contributed by atoms with Gasteiger partial charge in [0.15, 0.2) is 0 Å². The zero-order valence-corrected chi connectivity index (χ0v) is 16.2. The first-order valence-electron chi connectivity index (χ1n) is 7.63. The van der Waals surface area contributed by atoms with E-state index in [1.165, 1.54) is 26.3 Å². The van der Waals surface area contributed by atoms with Gasteiger partial charge in [-0.2, -0.15) is 0 Å². The number of ether oxygens (including phenoxy) is 1. The number of primary sulfonamides is 1. The number of likely N-dealkylation sites (N-methyl/N-ethyl adjacent to an activating group) is 1. The number of hydrogen-bond acceptors (Lipinski definition) is 5. The number of nitrogens with two attached hydrogens (primary N) is 1. The van der Waals surface area contributed by atoms with Crippen molar-refractivity contribution in [1.82, 2.24) is 4.90 Å². The van der Waals surface area contributed by atoms with Crippen molar-refractivity contribution in [2.75, 3.05) is 26.0 Å². The predicted molar refractivity (Wildman–Crippen MR) is 101 cm³/mol. The summed E-state index contributed by atoms with van der Waals surface area (Å²) >= 11 is 5.81. The van der Waals surface area contributed by atoms with E-state index < -0.39 is 21.8 Å². The van der Waals surface area contributed by atoms with Crippen LogP contribution in [0.1, 0.15) is 10.4 Å². The van der Waals surface area contributed by atoms with Crippen LogP contribution in [0.2, 0.25) is 5.02 Å². The van der Waals surface area contributed by atoms with E-state index in [-0.39, 0.29) is 22.0 Å². The van der Waals surface area contributed by atoms with Crippen molar-refractivity contribution in [2.24, 2.45) is 5.14 Å². The zero-order valence-electron chi connectivity index (χ0n) is 14.6. The Bertz CT molecular complexity index is 978. The second-order valence-electron chi connectivity index (χ2n) is 5.63. The molecule has 0 aliphatic heterocycles. The third-order valence-electron chi connectivity index (χ3n) is 3.57. The lowest BCUT2D eigenvalue weighted by molar-refractivity contribution is -0.116. The van der Waals surface area contributed by atoms with Gasteiger partial charge in [-0.1, -0.05) is 17.7 Å². The van der Waals surface area contributed by atoms with E-state index in [0.29, 0.717) is 11.4 Å². The van der Waals surface area contributed by atoms with E-state index in [0.717, 1.165) is 11.0 Å². The Balaban J connectivity index is 2.10. The molecule has 2 aromatic carbocycles. The van der Waals surface area contributed by atoms with Gasteiger partial charge >= 0.3 is 0 Å². The molecule has 0 aromatic heterocycles. The molecule has 0 aliphatic carbocycles. The first-order chi connectivity index (χ1) is 12.6. The smallest absolute Gasteiger partial charge is 0.254 e. The van der Waals surface area contributed by atoms with E-state index >= 15 is 0 Å². The van der Waals surface area contributed by atoms with Crippen LogP contribution >= 0.6 is 11.6 Å². The monoisotopic (exact) mass is 411 g/mol. The molecule has 8 nitrogen and oxygen atoms in total. The molecule has 2 rings (SSSR count). The van der Waals surface area contributed by atoms with Crippen LogP contribution in [0.4, 0.5) is 5.69 Å². The number of rotatable bonds is 6. The van der Waals surface area contributed by atoms with Crippen molar-refractivity contribution in [3.63, 3.8) is 0 Å². The maximum Gasteiger partial charge on any atom is 0.254 e. The number of hydrogen-bond donors (Lipinski definition) is 2. The molecular formula is C17H18ClN3O5S. The van der Waals surface area contributed by atoms with Crippen LogP contribution in [-0.2, 0) is 14.8 Å². The number of nitrogens with one attached hydrogen (secondary N) is 1. The molecule has 2 aromatic rings. The molecule has 144 valence electrons. The summed E-state index contributed by atoms with van der Waals surface area (Å²) in [5, 5.41) is 7.64. The molecule has 0 bridgehead atoms. The molecule has 0 radical (unpaired) electrons. The Kier molecular flexibility index (Phi) is 6.42. The Hall–Kier alpha value is -2.62. The summed E-state index contributed by atoms with van der Waals surface area (Å²) < 4.78 is 28.1. The summed E-state index contributed by atoms with van der Waals surface area (Å²) in [5.74, 6) is -0.411. The fraction of sp³-hybridized carbons (Fsp3) is 0.176. The first-order valence-corrected chi connectivity index (χ1v) is 9.56. The molecule has 0 spiro atoms. The van der Waals surface area contributed by atoms with Crippen LogP contribution in [0.15, 0.2) is 47.4 Å². The Morgan fingerprint density at radius 2 is 1.93 bits per heavy atom. The van der Waals surface area contributed by atoms with Crippen molar-refractivity contribution < 1.29 is 22.7 Å². The van der Waals surface area contributed by atoms with Crippen LogP contribution in [0, 0.1) is 0 Å². The van der Waals surface area contributed by atoms with Crippen molar-refractivity contribution in [1.29, 1.82) is 0 Å². The van der Waals surface area contributed by atoms with Gasteiger partial charge in [-0.15, -0.1) is 0 Å².